The second kappa shape index (κ2) is 16.7. The minimum Gasteiger partial charge on any atom is -0.147 e. The Hall–Kier alpha value is 1.01. The highest BCUT2D eigenvalue weighted by molar-refractivity contribution is 7.16. The van der Waals surface area contributed by atoms with Crippen molar-refractivity contribution in [2.45, 2.75) is 13.3 Å². The van der Waals surface area contributed by atoms with Crippen molar-refractivity contribution < 1.29 is 0 Å². The predicted molar refractivity (Wildman–Crippen MR) is 39.4 cm³/mol. The minimum absolute atomic E-state index is 0. The van der Waals surface area contributed by atoms with Crippen molar-refractivity contribution in [1.29, 1.82) is 0 Å². The average molecular weight is 149 g/mol. The van der Waals surface area contributed by atoms with Gasteiger partial charge in [-0.1, -0.05) is 13.3 Å². The van der Waals surface area contributed by atoms with Crippen molar-refractivity contribution >= 4 is 34.1 Å². The van der Waals surface area contributed by atoms with E-state index in [1.807, 2.05) is 0 Å². The van der Waals surface area contributed by atoms with E-state index in [9.17, 15) is 0 Å². The molecule has 0 aromatic rings. The molecular formula is C3H11Cl2P. The van der Waals surface area contributed by atoms with E-state index < -0.39 is 0 Å². The van der Waals surface area contributed by atoms with Crippen molar-refractivity contribution in [3.63, 3.8) is 0 Å². The third-order valence-corrected chi connectivity index (χ3v) is 0.866. The van der Waals surface area contributed by atoms with E-state index in [0.29, 0.717) is 0 Å². The van der Waals surface area contributed by atoms with E-state index in [1.54, 1.807) is 0 Å². The molecular weight excluding hydrogens is 138 g/mol. The molecule has 0 N–H and O–H groups in total. The SMILES string of the molecule is CCCP.Cl.Cl. The summed E-state index contributed by atoms with van der Waals surface area (Å²) in [6.45, 7) is 2.16. The van der Waals surface area contributed by atoms with Gasteiger partial charge >= 0.3 is 0 Å². The molecule has 0 nitrogen and oxygen atoms in total. The molecule has 0 saturated heterocycles. The molecule has 6 heavy (non-hydrogen) atoms. The lowest BCUT2D eigenvalue weighted by atomic mass is 10.6. The van der Waals surface area contributed by atoms with Crippen LogP contribution in [-0.4, -0.2) is 6.16 Å². The van der Waals surface area contributed by atoms with Gasteiger partial charge in [-0.05, 0) is 6.16 Å². The molecule has 0 spiro atoms. The van der Waals surface area contributed by atoms with Crippen LogP contribution in [0, 0.1) is 0 Å². The Morgan fingerprint density at radius 1 is 1.33 bits per heavy atom. The van der Waals surface area contributed by atoms with E-state index in [2.05, 4.69) is 16.2 Å². The number of hydrogen-bond acceptors (Lipinski definition) is 0. The van der Waals surface area contributed by atoms with Crippen molar-refractivity contribution in [2.24, 2.45) is 0 Å². The smallest absolute Gasteiger partial charge is 0.0384 e. The number of hydrogen-bond donors (Lipinski definition) is 0. The molecule has 1 unspecified atom stereocenters. The molecule has 0 saturated carbocycles. The van der Waals surface area contributed by atoms with Gasteiger partial charge < -0.3 is 0 Å². The van der Waals surface area contributed by atoms with Crippen LogP contribution in [0.15, 0.2) is 0 Å². The van der Waals surface area contributed by atoms with Gasteiger partial charge in [0.1, 0.15) is 0 Å². The van der Waals surface area contributed by atoms with Gasteiger partial charge in [0.15, 0.2) is 0 Å². The van der Waals surface area contributed by atoms with Gasteiger partial charge in [-0.15, -0.1) is 34.1 Å². The fraction of sp³-hybridized carbons (Fsp3) is 1.00. The summed E-state index contributed by atoms with van der Waals surface area (Å²) in [4.78, 5) is 0. The molecule has 1 atom stereocenters. The van der Waals surface area contributed by atoms with Crippen molar-refractivity contribution in [2.75, 3.05) is 6.16 Å². The maximum absolute atomic E-state index is 2.66. The fourth-order valence-corrected chi connectivity index (χ4v) is 0. The Balaban J connectivity index is -0.0000000450. The van der Waals surface area contributed by atoms with Crippen LogP contribution in [0.1, 0.15) is 13.3 Å². The van der Waals surface area contributed by atoms with Crippen molar-refractivity contribution in [3.8, 4) is 0 Å². The lowest BCUT2D eigenvalue weighted by Gasteiger charge is -1.68. The third-order valence-electron chi connectivity index (χ3n) is 0.289. The van der Waals surface area contributed by atoms with Crippen LogP contribution in [-0.2, 0) is 0 Å². The summed E-state index contributed by atoms with van der Waals surface area (Å²) >= 11 is 0. The summed E-state index contributed by atoms with van der Waals surface area (Å²) < 4.78 is 0. The monoisotopic (exact) mass is 148 g/mol. The molecule has 0 aromatic carbocycles. The van der Waals surface area contributed by atoms with E-state index >= 15 is 0 Å². The van der Waals surface area contributed by atoms with Gasteiger partial charge in [-0.3, -0.25) is 0 Å². The normalized spacial score (nSPS) is 5.00. The van der Waals surface area contributed by atoms with Gasteiger partial charge in [0.25, 0.3) is 0 Å². The van der Waals surface area contributed by atoms with Gasteiger partial charge in [0.2, 0.25) is 0 Å². The van der Waals surface area contributed by atoms with E-state index in [0.717, 1.165) is 0 Å². The Bertz CT molecular complexity index is 10.8. The molecule has 0 radical (unpaired) electrons. The van der Waals surface area contributed by atoms with Gasteiger partial charge in [-0.25, -0.2) is 0 Å². The first-order valence-corrected chi connectivity index (χ1v) is 2.43. The first kappa shape index (κ1) is 15.7. The largest absolute Gasteiger partial charge is 0.147 e. The average Bonchev–Trinajstić information content (AvgIpc) is 1.37. The summed E-state index contributed by atoms with van der Waals surface area (Å²) in [6, 6.07) is 0. The molecule has 0 bridgehead atoms. The fourth-order valence-electron chi connectivity index (χ4n) is 0. The molecule has 0 rings (SSSR count). The van der Waals surface area contributed by atoms with Crippen molar-refractivity contribution in [1.82, 2.24) is 0 Å². The summed E-state index contributed by atoms with van der Waals surface area (Å²) in [5.41, 5.74) is 0. The second-order valence-corrected chi connectivity index (χ2v) is 1.37. The number of rotatable bonds is 1. The highest BCUT2D eigenvalue weighted by atomic mass is 35.5. The molecule has 0 heterocycles. The first-order valence-electron chi connectivity index (χ1n) is 1.62. The van der Waals surface area contributed by atoms with Crippen LogP contribution in [0.2, 0.25) is 0 Å². The molecule has 0 aromatic heterocycles. The maximum Gasteiger partial charge on any atom is -0.0384 e. The van der Waals surface area contributed by atoms with Crippen molar-refractivity contribution in [3.05, 3.63) is 0 Å². The highest BCUT2D eigenvalue weighted by Crippen LogP contribution is 1.80. The Kier molecular flexibility index (Phi) is 43.7. The van der Waals surface area contributed by atoms with Gasteiger partial charge in [-0.2, -0.15) is 0 Å². The predicted octanol–water partition coefficient (Wildman–Crippen LogP) is 2.12. The molecule has 0 aliphatic heterocycles. The summed E-state index contributed by atoms with van der Waals surface area (Å²) in [7, 11) is 2.66. The first-order chi connectivity index (χ1) is 1.91. The third kappa shape index (κ3) is 19.9. The Labute approximate surface area is 54.1 Å². The van der Waals surface area contributed by atoms with E-state index in [4.69, 9.17) is 0 Å². The maximum atomic E-state index is 2.66. The molecule has 42 valence electrons. The topological polar surface area (TPSA) is 0 Å². The summed E-state index contributed by atoms with van der Waals surface area (Å²) in [5, 5.41) is 0. The van der Waals surface area contributed by atoms with E-state index in [-0.39, 0.29) is 24.8 Å². The van der Waals surface area contributed by atoms with Crippen LogP contribution < -0.4 is 0 Å². The zero-order chi connectivity index (χ0) is 3.41. The van der Waals surface area contributed by atoms with Crippen LogP contribution in [0.4, 0.5) is 0 Å². The molecule has 0 aliphatic carbocycles. The Morgan fingerprint density at radius 3 is 1.50 bits per heavy atom. The zero-order valence-corrected chi connectivity index (χ0v) is 6.60. The van der Waals surface area contributed by atoms with Gasteiger partial charge in [0, 0.05) is 0 Å². The van der Waals surface area contributed by atoms with Crippen LogP contribution in [0.5, 0.6) is 0 Å². The van der Waals surface area contributed by atoms with Crippen LogP contribution in [0.3, 0.4) is 0 Å². The molecule has 0 aliphatic rings. The highest BCUT2D eigenvalue weighted by Gasteiger charge is 1.56. The van der Waals surface area contributed by atoms with Gasteiger partial charge in [0.05, 0.1) is 0 Å². The molecule has 0 fully saturated rings. The lowest BCUT2D eigenvalue weighted by Crippen LogP contribution is -1.54. The quantitative estimate of drug-likeness (QED) is 0.501. The zero-order valence-electron chi connectivity index (χ0n) is 3.81. The molecule has 3 heteroatoms. The van der Waals surface area contributed by atoms with Crippen LogP contribution >= 0.6 is 34.1 Å². The van der Waals surface area contributed by atoms with Crippen LogP contribution in [0.25, 0.3) is 0 Å². The molecule has 0 amide bonds. The second-order valence-electron chi connectivity index (χ2n) is 0.789. The van der Waals surface area contributed by atoms with E-state index in [1.165, 1.54) is 12.6 Å². The lowest BCUT2D eigenvalue weighted by molar-refractivity contribution is 1.11. The standard InChI is InChI=1S/C3H9P.2ClH/c1-2-3-4;;/h2-4H2,1H3;2*1H. The summed E-state index contributed by atoms with van der Waals surface area (Å²) in [5.74, 6) is 0. The number of halogens is 2. The Morgan fingerprint density at radius 2 is 1.50 bits per heavy atom. The summed E-state index contributed by atoms with van der Waals surface area (Å²) in [6.07, 6.45) is 2.52. The minimum atomic E-state index is 0.